The second-order valence-corrected chi connectivity index (χ2v) is 5.74. The molecule has 0 unspecified atom stereocenters. The number of alkyl halides is 1. The predicted molar refractivity (Wildman–Crippen MR) is 73.2 cm³/mol. The van der Waals surface area contributed by atoms with Crippen molar-refractivity contribution in [2.75, 3.05) is 4.72 Å². The molecule has 6 heteroatoms. The maximum atomic E-state index is 13.5. The molecular weight excluding hydrogens is 289 g/mol. The number of rotatable bonds is 4. The van der Waals surface area contributed by atoms with Gasteiger partial charge in [-0.2, -0.15) is 0 Å². The van der Waals surface area contributed by atoms with Crippen LogP contribution in [-0.2, 0) is 15.9 Å². The van der Waals surface area contributed by atoms with E-state index in [0.717, 1.165) is 6.07 Å². The first-order valence-electron chi connectivity index (χ1n) is 5.46. The lowest BCUT2D eigenvalue weighted by Gasteiger charge is -2.11. The summed E-state index contributed by atoms with van der Waals surface area (Å²) >= 11 is 5.73. The lowest BCUT2D eigenvalue weighted by atomic mass is 10.2. The molecule has 0 radical (unpaired) electrons. The van der Waals surface area contributed by atoms with E-state index in [2.05, 4.69) is 4.72 Å². The van der Waals surface area contributed by atoms with Crippen molar-refractivity contribution in [1.82, 2.24) is 0 Å². The van der Waals surface area contributed by atoms with Crippen LogP contribution in [-0.4, -0.2) is 8.42 Å². The number of benzene rings is 2. The van der Waals surface area contributed by atoms with Gasteiger partial charge in [0.2, 0.25) is 0 Å². The fourth-order valence-electron chi connectivity index (χ4n) is 1.60. The Morgan fingerprint density at radius 2 is 1.68 bits per heavy atom. The molecule has 0 atom stereocenters. The highest BCUT2D eigenvalue weighted by atomic mass is 35.5. The number of nitrogens with one attached hydrogen (secondary N) is 1. The second-order valence-electron chi connectivity index (χ2n) is 3.83. The third-order valence-electron chi connectivity index (χ3n) is 2.53. The standard InChI is InChI=1S/C13H11ClFNO2S/c14-9-10-5-1-3-7-12(10)16-19(17,18)13-8-4-2-6-11(13)15/h1-8,16H,9H2. The van der Waals surface area contributed by atoms with Crippen LogP contribution in [0.3, 0.4) is 0 Å². The van der Waals surface area contributed by atoms with Gasteiger partial charge in [-0.15, -0.1) is 11.6 Å². The van der Waals surface area contributed by atoms with Crippen molar-refractivity contribution < 1.29 is 12.8 Å². The second kappa shape index (κ2) is 5.59. The van der Waals surface area contributed by atoms with Crippen LogP contribution < -0.4 is 4.72 Å². The molecule has 0 aromatic heterocycles. The first-order chi connectivity index (χ1) is 9.04. The van der Waals surface area contributed by atoms with Crippen LogP contribution in [0.25, 0.3) is 0 Å². The van der Waals surface area contributed by atoms with E-state index in [4.69, 9.17) is 11.6 Å². The minimum absolute atomic E-state index is 0.163. The molecule has 0 bridgehead atoms. The molecule has 0 spiro atoms. The topological polar surface area (TPSA) is 46.2 Å². The van der Waals surface area contributed by atoms with Crippen molar-refractivity contribution in [2.45, 2.75) is 10.8 Å². The van der Waals surface area contributed by atoms with Crippen molar-refractivity contribution in [3.8, 4) is 0 Å². The Hall–Kier alpha value is -1.59. The molecule has 0 saturated carbocycles. The van der Waals surface area contributed by atoms with E-state index in [9.17, 15) is 12.8 Å². The Morgan fingerprint density at radius 3 is 2.37 bits per heavy atom. The molecule has 0 amide bonds. The van der Waals surface area contributed by atoms with Gasteiger partial charge in [0.15, 0.2) is 0 Å². The highest BCUT2D eigenvalue weighted by Crippen LogP contribution is 2.22. The van der Waals surface area contributed by atoms with Gasteiger partial charge in [-0.05, 0) is 23.8 Å². The van der Waals surface area contributed by atoms with Gasteiger partial charge in [0.1, 0.15) is 10.7 Å². The highest BCUT2D eigenvalue weighted by molar-refractivity contribution is 7.92. The summed E-state index contributed by atoms with van der Waals surface area (Å²) in [7, 11) is -3.96. The van der Waals surface area contributed by atoms with E-state index in [-0.39, 0.29) is 10.8 Å². The van der Waals surface area contributed by atoms with Crippen LogP contribution in [0.4, 0.5) is 10.1 Å². The average Bonchev–Trinajstić information content (AvgIpc) is 2.39. The maximum Gasteiger partial charge on any atom is 0.264 e. The zero-order valence-corrected chi connectivity index (χ0v) is 11.4. The minimum Gasteiger partial charge on any atom is -0.279 e. The molecule has 2 aromatic carbocycles. The molecule has 3 nitrogen and oxygen atoms in total. The first-order valence-corrected chi connectivity index (χ1v) is 7.47. The Morgan fingerprint density at radius 1 is 1.05 bits per heavy atom. The number of hydrogen-bond donors (Lipinski definition) is 1. The van der Waals surface area contributed by atoms with Crippen LogP contribution in [0.2, 0.25) is 0 Å². The largest absolute Gasteiger partial charge is 0.279 e. The molecule has 0 saturated heterocycles. The van der Waals surface area contributed by atoms with Crippen molar-refractivity contribution >= 4 is 27.3 Å². The fourth-order valence-corrected chi connectivity index (χ4v) is 3.01. The summed E-state index contributed by atoms with van der Waals surface area (Å²) < 4.78 is 40.1. The van der Waals surface area contributed by atoms with Crippen molar-refractivity contribution in [2.24, 2.45) is 0 Å². The van der Waals surface area contributed by atoms with Crippen molar-refractivity contribution in [1.29, 1.82) is 0 Å². The molecular formula is C13H11ClFNO2S. The van der Waals surface area contributed by atoms with Gasteiger partial charge in [-0.1, -0.05) is 30.3 Å². The SMILES string of the molecule is O=S(=O)(Nc1ccccc1CCl)c1ccccc1F. The molecule has 2 aromatic rings. The average molecular weight is 300 g/mol. The molecule has 1 N–H and O–H groups in total. The molecule has 0 aliphatic heterocycles. The van der Waals surface area contributed by atoms with Gasteiger partial charge in [0, 0.05) is 5.88 Å². The minimum atomic E-state index is -3.96. The number of sulfonamides is 1. The van der Waals surface area contributed by atoms with Gasteiger partial charge in [0.05, 0.1) is 5.69 Å². The third kappa shape index (κ3) is 3.05. The van der Waals surface area contributed by atoms with Crippen molar-refractivity contribution in [3.05, 3.63) is 59.9 Å². The third-order valence-corrected chi connectivity index (χ3v) is 4.22. The van der Waals surface area contributed by atoms with Crippen LogP contribution in [0.15, 0.2) is 53.4 Å². The number of halogens is 2. The Kier molecular flexibility index (Phi) is 4.07. The van der Waals surface area contributed by atoms with Crippen LogP contribution in [0.5, 0.6) is 0 Å². The van der Waals surface area contributed by atoms with E-state index in [1.165, 1.54) is 18.2 Å². The van der Waals surface area contributed by atoms with Crippen LogP contribution in [0.1, 0.15) is 5.56 Å². The lowest BCUT2D eigenvalue weighted by molar-refractivity contribution is 0.570. The van der Waals surface area contributed by atoms with Gasteiger partial charge in [0.25, 0.3) is 10.0 Å². The fraction of sp³-hybridized carbons (Fsp3) is 0.0769. The number of para-hydroxylation sites is 1. The molecule has 0 aliphatic rings. The molecule has 2 rings (SSSR count). The first kappa shape index (κ1) is 13.8. The van der Waals surface area contributed by atoms with Gasteiger partial charge >= 0.3 is 0 Å². The summed E-state index contributed by atoms with van der Waals surface area (Å²) in [5, 5.41) is 0. The molecule has 100 valence electrons. The van der Waals surface area contributed by atoms with E-state index in [1.807, 2.05) is 0 Å². The monoisotopic (exact) mass is 299 g/mol. The van der Waals surface area contributed by atoms with Gasteiger partial charge < -0.3 is 0 Å². The summed E-state index contributed by atoms with van der Waals surface area (Å²) in [6, 6.07) is 11.9. The Balaban J connectivity index is 2.40. The summed E-state index contributed by atoms with van der Waals surface area (Å²) in [5.41, 5.74) is 0.977. The van der Waals surface area contributed by atoms with E-state index >= 15 is 0 Å². The zero-order chi connectivity index (χ0) is 13.9. The van der Waals surface area contributed by atoms with Crippen LogP contribution in [0, 0.1) is 5.82 Å². The number of hydrogen-bond acceptors (Lipinski definition) is 2. The quantitative estimate of drug-likeness (QED) is 0.880. The molecule has 0 heterocycles. The zero-order valence-electron chi connectivity index (χ0n) is 9.81. The maximum absolute atomic E-state index is 13.5. The van der Waals surface area contributed by atoms with Gasteiger partial charge in [-0.25, -0.2) is 12.8 Å². The molecule has 19 heavy (non-hydrogen) atoms. The number of anilines is 1. The smallest absolute Gasteiger partial charge is 0.264 e. The predicted octanol–water partition coefficient (Wildman–Crippen LogP) is 3.37. The van der Waals surface area contributed by atoms with Gasteiger partial charge in [-0.3, -0.25) is 4.72 Å². The normalized spacial score (nSPS) is 11.3. The summed E-state index contributed by atoms with van der Waals surface area (Å²) in [6.07, 6.45) is 0. The van der Waals surface area contributed by atoms with E-state index in [1.54, 1.807) is 24.3 Å². The molecule has 0 aliphatic carbocycles. The summed E-state index contributed by atoms with van der Waals surface area (Å²) in [6.45, 7) is 0. The lowest BCUT2D eigenvalue weighted by Crippen LogP contribution is -2.15. The van der Waals surface area contributed by atoms with E-state index < -0.39 is 15.8 Å². The highest BCUT2D eigenvalue weighted by Gasteiger charge is 2.19. The van der Waals surface area contributed by atoms with E-state index in [0.29, 0.717) is 11.3 Å². The Labute approximate surface area is 116 Å². The summed E-state index contributed by atoms with van der Waals surface area (Å²) in [4.78, 5) is -0.389. The Bertz CT molecular complexity index is 689. The molecule has 0 fully saturated rings. The van der Waals surface area contributed by atoms with Crippen LogP contribution >= 0.6 is 11.6 Å². The summed E-state index contributed by atoms with van der Waals surface area (Å²) in [5.74, 6) is -0.631. The van der Waals surface area contributed by atoms with Crippen molar-refractivity contribution in [3.63, 3.8) is 0 Å².